The van der Waals surface area contributed by atoms with Gasteiger partial charge in [0.1, 0.15) is 22.9 Å². The van der Waals surface area contributed by atoms with E-state index >= 15 is 0 Å². The SMILES string of the molecule is COC(=O)c1cc(CNc2ccc(C)c(F)c2)oc1C. The van der Waals surface area contributed by atoms with Crippen molar-refractivity contribution >= 4 is 11.7 Å². The molecule has 106 valence electrons. The molecule has 2 aromatic rings. The molecule has 0 aliphatic carbocycles. The lowest BCUT2D eigenvalue weighted by atomic mass is 10.2. The summed E-state index contributed by atoms with van der Waals surface area (Å²) >= 11 is 0. The number of benzene rings is 1. The smallest absolute Gasteiger partial charge is 0.341 e. The normalized spacial score (nSPS) is 10.4. The molecule has 1 aromatic carbocycles. The van der Waals surface area contributed by atoms with Crippen molar-refractivity contribution in [3.63, 3.8) is 0 Å². The van der Waals surface area contributed by atoms with Crippen molar-refractivity contribution in [3.05, 3.63) is 52.7 Å². The predicted octanol–water partition coefficient (Wildman–Crippen LogP) is 3.43. The first-order valence-electron chi connectivity index (χ1n) is 6.19. The van der Waals surface area contributed by atoms with Crippen molar-refractivity contribution in [3.8, 4) is 0 Å². The number of furan rings is 1. The summed E-state index contributed by atoms with van der Waals surface area (Å²) < 4.78 is 23.5. The average molecular weight is 277 g/mol. The van der Waals surface area contributed by atoms with Crippen LogP contribution in [0.5, 0.6) is 0 Å². The number of halogens is 1. The third-order valence-corrected chi connectivity index (χ3v) is 3.01. The second kappa shape index (κ2) is 5.77. The summed E-state index contributed by atoms with van der Waals surface area (Å²) in [5.41, 5.74) is 1.65. The monoisotopic (exact) mass is 277 g/mol. The molecule has 0 bridgehead atoms. The molecule has 0 atom stereocenters. The maximum atomic E-state index is 13.4. The fourth-order valence-electron chi connectivity index (χ4n) is 1.84. The maximum Gasteiger partial charge on any atom is 0.341 e. The molecule has 2 rings (SSSR count). The van der Waals surface area contributed by atoms with E-state index in [9.17, 15) is 9.18 Å². The first-order valence-corrected chi connectivity index (χ1v) is 6.19. The van der Waals surface area contributed by atoms with Crippen molar-refractivity contribution in [2.24, 2.45) is 0 Å². The van der Waals surface area contributed by atoms with Crippen molar-refractivity contribution < 1.29 is 18.3 Å². The topological polar surface area (TPSA) is 51.5 Å². The molecule has 1 aromatic heterocycles. The van der Waals surface area contributed by atoms with Crippen LogP contribution in [0.1, 0.15) is 27.4 Å². The van der Waals surface area contributed by atoms with Crippen LogP contribution in [0.25, 0.3) is 0 Å². The van der Waals surface area contributed by atoms with Gasteiger partial charge in [0.25, 0.3) is 0 Å². The molecule has 0 spiro atoms. The molecule has 0 saturated carbocycles. The molecule has 0 aliphatic rings. The summed E-state index contributed by atoms with van der Waals surface area (Å²) in [6.45, 7) is 3.76. The second-order valence-electron chi connectivity index (χ2n) is 4.49. The fourth-order valence-corrected chi connectivity index (χ4v) is 1.84. The fraction of sp³-hybridized carbons (Fsp3) is 0.267. The number of ether oxygens (including phenoxy) is 1. The number of nitrogens with one attached hydrogen (secondary N) is 1. The van der Waals surface area contributed by atoms with Crippen molar-refractivity contribution in [1.82, 2.24) is 0 Å². The van der Waals surface area contributed by atoms with E-state index in [0.717, 1.165) is 0 Å². The molecule has 0 amide bonds. The van der Waals surface area contributed by atoms with Gasteiger partial charge >= 0.3 is 5.97 Å². The predicted molar refractivity (Wildman–Crippen MR) is 73.2 cm³/mol. The number of aryl methyl sites for hydroxylation is 2. The Bertz CT molecular complexity index is 634. The third kappa shape index (κ3) is 2.99. The highest BCUT2D eigenvalue weighted by molar-refractivity contribution is 5.90. The van der Waals surface area contributed by atoms with Gasteiger partial charge in [-0.3, -0.25) is 0 Å². The molecule has 20 heavy (non-hydrogen) atoms. The minimum absolute atomic E-state index is 0.263. The minimum atomic E-state index is -0.432. The van der Waals surface area contributed by atoms with Crippen LogP contribution < -0.4 is 5.32 Å². The highest BCUT2D eigenvalue weighted by atomic mass is 19.1. The molecule has 0 radical (unpaired) electrons. The number of esters is 1. The molecule has 0 saturated heterocycles. The lowest BCUT2D eigenvalue weighted by molar-refractivity contribution is 0.0599. The first kappa shape index (κ1) is 14.1. The first-order chi connectivity index (χ1) is 9.51. The Kier molecular flexibility index (Phi) is 4.08. The Morgan fingerprint density at radius 2 is 2.10 bits per heavy atom. The molecule has 0 fully saturated rings. The van der Waals surface area contributed by atoms with Gasteiger partial charge in [0, 0.05) is 5.69 Å². The summed E-state index contributed by atoms with van der Waals surface area (Å²) in [5, 5.41) is 3.04. The Balaban J connectivity index is 2.07. The van der Waals surface area contributed by atoms with Gasteiger partial charge in [0.2, 0.25) is 0 Å². The molecule has 4 nitrogen and oxygen atoms in total. The van der Waals surface area contributed by atoms with E-state index in [0.29, 0.717) is 34.9 Å². The summed E-state index contributed by atoms with van der Waals surface area (Å²) in [7, 11) is 1.32. The number of anilines is 1. The number of carbonyl (C=O) groups is 1. The van der Waals surface area contributed by atoms with E-state index in [-0.39, 0.29) is 5.82 Å². The number of rotatable bonds is 4. The summed E-state index contributed by atoms with van der Waals surface area (Å²) in [6, 6.07) is 6.53. The van der Waals surface area contributed by atoms with Crippen LogP contribution >= 0.6 is 0 Å². The van der Waals surface area contributed by atoms with Crippen LogP contribution in [0.3, 0.4) is 0 Å². The summed E-state index contributed by atoms with van der Waals surface area (Å²) in [6.07, 6.45) is 0. The van der Waals surface area contributed by atoms with E-state index in [1.807, 2.05) is 0 Å². The van der Waals surface area contributed by atoms with Gasteiger partial charge in [0.05, 0.1) is 13.7 Å². The van der Waals surface area contributed by atoms with Gasteiger partial charge in [-0.1, -0.05) is 6.07 Å². The number of hydrogen-bond acceptors (Lipinski definition) is 4. The average Bonchev–Trinajstić information content (AvgIpc) is 2.80. The lowest BCUT2D eigenvalue weighted by Crippen LogP contribution is -2.01. The van der Waals surface area contributed by atoms with Crippen LogP contribution in [-0.2, 0) is 11.3 Å². The Morgan fingerprint density at radius 3 is 2.75 bits per heavy atom. The van der Waals surface area contributed by atoms with Gasteiger partial charge in [-0.05, 0) is 37.6 Å². The zero-order chi connectivity index (χ0) is 14.7. The van der Waals surface area contributed by atoms with Gasteiger partial charge in [-0.15, -0.1) is 0 Å². The third-order valence-electron chi connectivity index (χ3n) is 3.01. The van der Waals surface area contributed by atoms with Crippen molar-refractivity contribution in [2.45, 2.75) is 20.4 Å². The van der Waals surface area contributed by atoms with E-state index in [2.05, 4.69) is 10.1 Å². The minimum Gasteiger partial charge on any atom is -0.465 e. The standard InChI is InChI=1S/C15H16FNO3/c1-9-4-5-11(6-14(9)16)17-8-12-7-13(10(2)20-12)15(18)19-3/h4-7,17H,8H2,1-3H3. The van der Waals surface area contributed by atoms with Gasteiger partial charge < -0.3 is 14.5 Å². The van der Waals surface area contributed by atoms with Crippen LogP contribution in [0.4, 0.5) is 10.1 Å². The molecule has 0 aliphatic heterocycles. The highest BCUT2D eigenvalue weighted by Crippen LogP contribution is 2.18. The van der Waals surface area contributed by atoms with E-state index in [4.69, 9.17) is 4.42 Å². The van der Waals surface area contributed by atoms with Crippen molar-refractivity contribution in [2.75, 3.05) is 12.4 Å². The molecule has 0 unspecified atom stereocenters. The Hall–Kier alpha value is -2.30. The number of methoxy groups -OCH3 is 1. The van der Waals surface area contributed by atoms with Gasteiger partial charge in [-0.2, -0.15) is 0 Å². The zero-order valence-electron chi connectivity index (χ0n) is 11.6. The zero-order valence-corrected chi connectivity index (χ0v) is 11.6. The number of carbonyl (C=O) groups excluding carboxylic acids is 1. The largest absolute Gasteiger partial charge is 0.465 e. The Labute approximate surface area is 116 Å². The maximum absolute atomic E-state index is 13.4. The van der Waals surface area contributed by atoms with E-state index in [1.54, 1.807) is 32.0 Å². The Morgan fingerprint density at radius 1 is 1.35 bits per heavy atom. The quantitative estimate of drug-likeness (QED) is 0.870. The molecule has 5 heteroatoms. The van der Waals surface area contributed by atoms with Crippen molar-refractivity contribution in [1.29, 1.82) is 0 Å². The van der Waals surface area contributed by atoms with Crippen LogP contribution in [0, 0.1) is 19.7 Å². The van der Waals surface area contributed by atoms with Crippen LogP contribution in [0.2, 0.25) is 0 Å². The van der Waals surface area contributed by atoms with E-state index in [1.165, 1.54) is 13.2 Å². The highest BCUT2D eigenvalue weighted by Gasteiger charge is 2.15. The molecular formula is C15H16FNO3. The van der Waals surface area contributed by atoms with Gasteiger partial charge in [-0.25, -0.2) is 9.18 Å². The second-order valence-corrected chi connectivity index (χ2v) is 4.49. The van der Waals surface area contributed by atoms with E-state index < -0.39 is 5.97 Å². The molecular weight excluding hydrogens is 261 g/mol. The van der Waals surface area contributed by atoms with Crippen LogP contribution in [0.15, 0.2) is 28.7 Å². The lowest BCUT2D eigenvalue weighted by Gasteiger charge is -2.05. The summed E-state index contributed by atoms with van der Waals surface area (Å²) in [5.74, 6) is 0.396. The van der Waals surface area contributed by atoms with Crippen LogP contribution in [-0.4, -0.2) is 13.1 Å². The van der Waals surface area contributed by atoms with Gasteiger partial charge in [0.15, 0.2) is 0 Å². The summed E-state index contributed by atoms with van der Waals surface area (Å²) in [4.78, 5) is 11.5. The molecule has 1 N–H and O–H groups in total. The number of hydrogen-bond donors (Lipinski definition) is 1. The molecule has 1 heterocycles.